The van der Waals surface area contributed by atoms with Gasteiger partial charge in [-0.15, -0.1) is 0 Å². The number of aryl methyl sites for hydroxylation is 1. The molecule has 7 heteroatoms. The third-order valence-electron chi connectivity index (χ3n) is 5.41. The van der Waals surface area contributed by atoms with Crippen molar-refractivity contribution in [3.8, 4) is 0 Å². The molecule has 7 nitrogen and oxygen atoms in total. The van der Waals surface area contributed by atoms with Crippen LogP contribution in [-0.2, 0) is 11.8 Å². The lowest BCUT2D eigenvalue weighted by atomic mass is 10.1. The van der Waals surface area contributed by atoms with Crippen LogP contribution in [-0.4, -0.2) is 41.6 Å². The van der Waals surface area contributed by atoms with Crippen molar-refractivity contribution in [1.29, 1.82) is 5.41 Å². The first-order chi connectivity index (χ1) is 15.1. The van der Waals surface area contributed by atoms with Gasteiger partial charge >= 0.3 is 0 Å². The molecule has 0 aliphatic carbocycles. The molecule has 2 heterocycles. The molecule has 0 unspecified atom stereocenters. The van der Waals surface area contributed by atoms with Gasteiger partial charge in [0, 0.05) is 37.1 Å². The number of rotatable bonds is 6. The zero-order valence-electron chi connectivity index (χ0n) is 17.9. The highest BCUT2D eigenvalue weighted by atomic mass is 16.5. The molecule has 31 heavy (non-hydrogen) atoms. The Balaban J connectivity index is 1.59. The minimum atomic E-state index is -0.211. The second-order valence-corrected chi connectivity index (χ2v) is 7.52. The quantitative estimate of drug-likeness (QED) is 0.596. The van der Waals surface area contributed by atoms with Gasteiger partial charge in [0.25, 0.3) is 5.56 Å². The maximum Gasteiger partial charge on any atom is 0.293 e. The summed E-state index contributed by atoms with van der Waals surface area (Å²) in [6.45, 7) is 5.28. The van der Waals surface area contributed by atoms with Crippen molar-refractivity contribution >= 4 is 33.9 Å². The molecule has 1 aliphatic heterocycles. The number of hydrogen-bond acceptors (Lipinski definition) is 6. The van der Waals surface area contributed by atoms with Crippen molar-refractivity contribution in [2.24, 2.45) is 7.05 Å². The highest BCUT2D eigenvalue weighted by molar-refractivity contribution is 6.08. The minimum absolute atomic E-state index is 0.211. The number of ether oxygens (including phenoxy) is 1. The molecular weight excluding hydrogens is 390 g/mol. The second-order valence-electron chi connectivity index (χ2n) is 7.52. The van der Waals surface area contributed by atoms with Gasteiger partial charge in [-0.1, -0.05) is 19.1 Å². The van der Waals surface area contributed by atoms with Crippen LogP contribution in [0.4, 0.5) is 17.2 Å². The van der Waals surface area contributed by atoms with Crippen molar-refractivity contribution in [2.75, 3.05) is 36.5 Å². The van der Waals surface area contributed by atoms with Gasteiger partial charge < -0.3 is 24.9 Å². The van der Waals surface area contributed by atoms with Gasteiger partial charge in [-0.25, -0.2) is 4.98 Å². The highest BCUT2D eigenvalue weighted by Crippen LogP contribution is 2.21. The van der Waals surface area contributed by atoms with Crippen LogP contribution in [0.5, 0.6) is 0 Å². The van der Waals surface area contributed by atoms with E-state index in [0.717, 1.165) is 49.7 Å². The van der Waals surface area contributed by atoms with Crippen molar-refractivity contribution in [1.82, 2.24) is 9.55 Å². The molecule has 0 saturated carbocycles. The van der Waals surface area contributed by atoms with E-state index in [-0.39, 0.29) is 11.4 Å². The fourth-order valence-electron chi connectivity index (χ4n) is 3.62. The number of anilines is 3. The van der Waals surface area contributed by atoms with E-state index in [1.807, 2.05) is 55.5 Å². The Morgan fingerprint density at radius 3 is 2.65 bits per heavy atom. The maximum atomic E-state index is 12.9. The fourth-order valence-corrected chi connectivity index (χ4v) is 3.62. The molecule has 1 aliphatic rings. The van der Waals surface area contributed by atoms with E-state index in [4.69, 9.17) is 10.1 Å². The van der Waals surface area contributed by atoms with Gasteiger partial charge in [0.1, 0.15) is 0 Å². The van der Waals surface area contributed by atoms with Crippen LogP contribution in [0.1, 0.15) is 18.9 Å². The summed E-state index contributed by atoms with van der Waals surface area (Å²) in [6, 6.07) is 13.6. The summed E-state index contributed by atoms with van der Waals surface area (Å²) in [4.78, 5) is 19.7. The number of nitrogens with one attached hydrogen (secondary N) is 2. The summed E-state index contributed by atoms with van der Waals surface area (Å²) in [7, 11) is 1.73. The van der Waals surface area contributed by atoms with Crippen molar-refractivity contribution in [2.45, 2.75) is 13.3 Å². The summed E-state index contributed by atoms with van der Waals surface area (Å²) >= 11 is 0. The van der Waals surface area contributed by atoms with E-state index in [1.165, 1.54) is 0 Å². The third-order valence-corrected chi connectivity index (χ3v) is 5.41. The molecule has 0 spiro atoms. The van der Waals surface area contributed by atoms with E-state index < -0.39 is 0 Å². The van der Waals surface area contributed by atoms with Gasteiger partial charge in [-0.3, -0.25) is 4.79 Å². The summed E-state index contributed by atoms with van der Waals surface area (Å²) in [5.41, 5.74) is 4.31. The SMILES string of the molecule is CC/C=C\C(=N)c1ccc2nc(Nc3ccc(N4CCOCC4)cc3)c(=O)n(C)c2c1. The lowest BCUT2D eigenvalue weighted by molar-refractivity contribution is 0.122. The lowest BCUT2D eigenvalue weighted by Gasteiger charge is -2.28. The van der Waals surface area contributed by atoms with E-state index in [0.29, 0.717) is 16.7 Å². The van der Waals surface area contributed by atoms with Gasteiger partial charge in [0.15, 0.2) is 5.82 Å². The van der Waals surface area contributed by atoms with Gasteiger partial charge in [0.2, 0.25) is 0 Å². The Morgan fingerprint density at radius 1 is 1.19 bits per heavy atom. The number of morpholine rings is 1. The van der Waals surface area contributed by atoms with Gasteiger partial charge in [-0.2, -0.15) is 0 Å². The van der Waals surface area contributed by atoms with Gasteiger partial charge in [-0.05, 0) is 48.9 Å². The van der Waals surface area contributed by atoms with Crippen LogP contribution in [0, 0.1) is 5.41 Å². The first-order valence-corrected chi connectivity index (χ1v) is 10.5. The monoisotopic (exact) mass is 417 g/mol. The topological polar surface area (TPSA) is 83.2 Å². The van der Waals surface area contributed by atoms with Crippen LogP contribution in [0.25, 0.3) is 11.0 Å². The number of nitrogens with zero attached hydrogens (tertiary/aromatic N) is 3. The molecule has 160 valence electrons. The predicted octanol–water partition coefficient (Wildman–Crippen LogP) is 3.85. The zero-order chi connectivity index (χ0) is 21.8. The zero-order valence-corrected chi connectivity index (χ0v) is 17.9. The summed E-state index contributed by atoms with van der Waals surface area (Å²) in [5, 5.41) is 11.4. The molecule has 0 atom stereocenters. The van der Waals surface area contributed by atoms with Crippen LogP contribution in [0.3, 0.4) is 0 Å². The molecule has 4 rings (SSSR count). The minimum Gasteiger partial charge on any atom is -0.378 e. The molecule has 2 aromatic carbocycles. The molecule has 2 N–H and O–H groups in total. The highest BCUT2D eigenvalue weighted by Gasteiger charge is 2.13. The van der Waals surface area contributed by atoms with E-state index >= 15 is 0 Å². The van der Waals surface area contributed by atoms with Crippen LogP contribution in [0.15, 0.2) is 59.4 Å². The Kier molecular flexibility index (Phi) is 6.13. The van der Waals surface area contributed by atoms with E-state index in [1.54, 1.807) is 17.7 Å². The standard InChI is InChI=1S/C24H27N5O2/c1-3-4-5-20(25)17-6-11-21-22(16-17)28(2)24(30)23(27-21)26-18-7-9-19(10-8-18)29-12-14-31-15-13-29/h4-11,16,25H,3,12-15H2,1-2H3,(H,26,27)/b5-4-,25-20?. The Bertz CT molecular complexity index is 1180. The lowest BCUT2D eigenvalue weighted by Crippen LogP contribution is -2.36. The molecule has 1 saturated heterocycles. The van der Waals surface area contributed by atoms with Gasteiger partial charge in [0.05, 0.1) is 30.0 Å². The molecule has 3 aromatic rings. The predicted molar refractivity (Wildman–Crippen MR) is 126 cm³/mol. The molecule has 1 aromatic heterocycles. The molecule has 0 amide bonds. The first-order valence-electron chi connectivity index (χ1n) is 10.5. The molecule has 1 fully saturated rings. The summed E-state index contributed by atoms with van der Waals surface area (Å²) in [5.74, 6) is 0.280. The molecule has 0 bridgehead atoms. The average molecular weight is 418 g/mol. The maximum absolute atomic E-state index is 12.9. The second kappa shape index (κ2) is 9.14. The normalized spacial score (nSPS) is 14.3. The van der Waals surface area contributed by atoms with Crippen molar-refractivity contribution in [3.05, 3.63) is 70.5 Å². The summed E-state index contributed by atoms with van der Waals surface area (Å²) in [6.07, 6.45) is 4.60. The Labute approximate surface area is 181 Å². The number of fused-ring (bicyclic) bond motifs is 1. The number of benzene rings is 2. The Morgan fingerprint density at radius 2 is 1.94 bits per heavy atom. The number of aromatic nitrogens is 2. The van der Waals surface area contributed by atoms with Crippen LogP contribution < -0.4 is 15.8 Å². The largest absolute Gasteiger partial charge is 0.378 e. The third kappa shape index (κ3) is 4.51. The number of hydrogen-bond donors (Lipinski definition) is 2. The summed E-state index contributed by atoms with van der Waals surface area (Å²) < 4.78 is 6.98. The van der Waals surface area contributed by atoms with E-state index in [2.05, 4.69) is 15.2 Å². The Hall–Kier alpha value is -3.45. The van der Waals surface area contributed by atoms with E-state index in [9.17, 15) is 4.79 Å². The van der Waals surface area contributed by atoms with Crippen LogP contribution in [0.2, 0.25) is 0 Å². The number of allylic oxidation sites excluding steroid dienone is 2. The smallest absolute Gasteiger partial charge is 0.293 e. The molecular formula is C24H27N5O2. The molecule has 0 radical (unpaired) electrons. The average Bonchev–Trinajstić information content (AvgIpc) is 2.81. The fraction of sp³-hybridized carbons (Fsp3) is 0.292. The first kappa shape index (κ1) is 20.8. The van der Waals surface area contributed by atoms with Crippen molar-refractivity contribution < 1.29 is 4.74 Å². The van der Waals surface area contributed by atoms with Crippen LogP contribution >= 0.6 is 0 Å². The van der Waals surface area contributed by atoms with Crippen molar-refractivity contribution in [3.63, 3.8) is 0 Å².